The Balaban J connectivity index is 0.000000322. The van der Waals surface area contributed by atoms with E-state index in [9.17, 15) is 0 Å². The summed E-state index contributed by atoms with van der Waals surface area (Å²) in [5, 5.41) is 0. The first-order valence-corrected chi connectivity index (χ1v) is 13.2. The fourth-order valence-corrected chi connectivity index (χ4v) is 2.06. The van der Waals surface area contributed by atoms with Crippen LogP contribution in [0.5, 0.6) is 0 Å². The average Bonchev–Trinajstić information content (AvgIpc) is 2.77. The first-order valence-electron chi connectivity index (χ1n) is 6.88. The van der Waals surface area contributed by atoms with Gasteiger partial charge in [0.05, 0.1) is 0 Å². The monoisotopic (exact) mass is 400 g/mol. The van der Waals surface area contributed by atoms with Gasteiger partial charge in [0.2, 0.25) is 0 Å². The van der Waals surface area contributed by atoms with Crippen molar-refractivity contribution in [1.82, 2.24) is 0 Å². The molecule has 2 fully saturated rings. The minimum absolute atomic E-state index is 0.826. The summed E-state index contributed by atoms with van der Waals surface area (Å²) in [4.78, 5) is 0. The van der Waals surface area contributed by atoms with Crippen molar-refractivity contribution < 1.29 is 20.8 Å². The van der Waals surface area contributed by atoms with Gasteiger partial charge in [0.15, 0.2) is 0 Å². The van der Waals surface area contributed by atoms with Crippen LogP contribution in [-0.2, 0) is 20.8 Å². The van der Waals surface area contributed by atoms with Crippen molar-refractivity contribution in [2.45, 2.75) is 55.4 Å². The molecule has 0 aliphatic heterocycles. The molecule has 0 unspecified atom stereocenters. The normalized spacial score (nSPS) is 24.7. The van der Waals surface area contributed by atoms with Crippen molar-refractivity contribution in [3.63, 3.8) is 0 Å². The predicted octanol–water partition coefficient (Wildman–Crippen LogP) is 6.29. The summed E-state index contributed by atoms with van der Waals surface area (Å²) in [6, 6.07) is 0. The first-order chi connectivity index (χ1) is 9.67. The van der Waals surface area contributed by atoms with E-state index in [2.05, 4.69) is 68.2 Å². The molecule has 0 saturated heterocycles. The predicted molar refractivity (Wildman–Crippen MR) is 89.5 cm³/mol. The topological polar surface area (TPSA) is 0 Å². The third-order valence-electron chi connectivity index (χ3n) is 4.12. The zero-order valence-corrected chi connectivity index (χ0v) is 18.2. The molecule has 3 heteroatoms. The molecule has 0 aromatic heterocycles. The summed E-state index contributed by atoms with van der Waals surface area (Å²) < 4.78 is 0. The van der Waals surface area contributed by atoms with Crippen molar-refractivity contribution in [3.8, 4) is 0 Å². The summed E-state index contributed by atoms with van der Waals surface area (Å²) in [5.74, 6) is 10.8. The summed E-state index contributed by atoms with van der Waals surface area (Å²) in [6.45, 7) is 17.0. The quantitative estimate of drug-likeness (QED) is 0.446. The zero-order chi connectivity index (χ0) is 16.7. The molecule has 2 aliphatic rings. The first kappa shape index (κ1) is 22.5. The molecule has 0 heterocycles. The third-order valence-corrected chi connectivity index (χ3v) is 4.12. The van der Waals surface area contributed by atoms with Crippen LogP contribution in [0.3, 0.4) is 0 Å². The van der Waals surface area contributed by atoms with E-state index in [1.165, 1.54) is 47.3 Å². The van der Waals surface area contributed by atoms with Gasteiger partial charge in [-0.15, -0.1) is 0 Å². The number of hydrogen-bond donors (Lipinski definition) is 0. The molecule has 0 aromatic rings. The molecular formula is C18H24Cl2Zr. The van der Waals surface area contributed by atoms with E-state index < -0.39 is 20.8 Å². The van der Waals surface area contributed by atoms with Crippen LogP contribution in [0.15, 0.2) is 0 Å². The number of rotatable bonds is 0. The van der Waals surface area contributed by atoms with Gasteiger partial charge >= 0.3 is 37.9 Å². The molecule has 21 heavy (non-hydrogen) atoms. The fraction of sp³-hybridized carbons (Fsp3) is 0.444. The molecule has 0 bridgehead atoms. The van der Waals surface area contributed by atoms with Crippen molar-refractivity contribution in [3.05, 3.63) is 60.2 Å². The Labute approximate surface area is 152 Å². The molecule has 12 radical (unpaired) electrons. The number of hydrogen-bond acceptors (Lipinski definition) is 0. The van der Waals surface area contributed by atoms with Crippen LogP contribution in [0.4, 0.5) is 0 Å². The van der Waals surface area contributed by atoms with Crippen molar-refractivity contribution >= 4 is 17.0 Å². The minimum atomic E-state index is -0.826. The van der Waals surface area contributed by atoms with Crippen molar-refractivity contribution in [2.75, 3.05) is 0 Å². The van der Waals surface area contributed by atoms with Gasteiger partial charge in [-0.2, -0.15) is 0 Å². The summed E-state index contributed by atoms with van der Waals surface area (Å²) in [7, 11) is 9.87. The van der Waals surface area contributed by atoms with E-state index in [1.54, 1.807) is 0 Å². The van der Waals surface area contributed by atoms with Gasteiger partial charge in [-0.3, -0.25) is 0 Å². The second-order valence-electron chi connectivity index (χ2n) is 5.32. The number of halogens is 2. The summed E-state index contributed by atoms with van der Waals surface area (Å²) in [5.41, 5.74) is 0. The SMILES string of the molecule is C[C]1[C][C](C)[C](C)[C]1C.C[C]1[C][C](C)[C](C)[C]1C.[Cl][Zr][Cl]. The van der Waals surface area contributed by atoms with Crippen LogP contribution in [0.1, 0.15) is 55.4 Å². The average molecular weight is 403 g/mol. The van der Waals surface area contributed by atoms with Gasteiger partial charge in [-0.25, -0.2) is 0 Å². The zero-order valence-electron chi connectivity index (χ0n) is 14.3. The van der Waals surface area contributed by atoms with Gasteiger partial charge in [0.1, 0.15) is 0 Å². The van der Waals surface area contributed by atoms with Gasteiger partial charge in [0.25, 0.3) is 0 Å². The van der Waals surface area contributed by atoms with Gasteiger partial charge in [-0.1, -0.05) is 55.4 Å². The van der Waals surface area contributed by atoms with E-state index in [4.69, 9.17) is 17.0 Å². The van der Waals surface area contributed by atoms with Crippen LogP contribution >= 0.6 is 17.0 Å². The van der Waals surface area contributed by atoms with Gasteiger partial charge in [0, 0.05) is 0 Å². The molecular weight excluding hydrogens is 378 g/mol. The maximum atomic E-state index is 4.93. The third kappa shape index (κ3) is 7.26. The molecule has 2 aliphatic carbocycles. The fourth-order valence-electron chi connectivity index (χ4n) is 2.06. The molecule has 0 nitrogen and oxygen atoms in total. The summed E-state index contributed by atoms with van der Waals surface area (Å²) in [6.07, 6.45) is 6.55. The molecule has 0 N–H and O–H groups in total. The molecule has 0 atom stereocenters. The van der Waals surface area contributed by atoms with Crippen LogP contribution in [0.25, 0.3) is 0 Å². The van der Waals surface area contributed by atoms with Crippen LogP contribution in [0.2, 0.25) is 0 Å². The van der Waals surface area contributed by atoms with Crippen molar-refractivity contribution in [2.24, 2.45) is 0 Å². The maximum absolute atomic E-state index is 4.93. The van der Waals surface area contributed by atoms with E-state index >= 15 is 0 Å². The Morgan fingerprint density at radius 1 is 0.524 bits per heavy atom. The Bertz CT molecular complexity index is 222. The van der Waals surface area contributed by atoms with E-state index in [0.29, 0.717) is 0 Å². The molecule has 0 aromatic carbocycles. The van der Waals surface area contributed by atoms with E-state index in [-0.39, 0.29) is 0 Å². The van der Waals surface area contributed by atoms with Crippen molar-refractivity contribution in [1.29, 1.82) is 0 Å². The van der Waals surface area contributed by atoms with E-state index in [0.717, 1.165) is 0 Å². The van der Waals surface area contributed by atoms with Crippen LogP contribution in [-0.4, -0.2) is 0 Å². The second kappa shape index (κ2) is 11.1. The Morgan fingerprint density at radius 3 is 0.714 bits per heavy atom. The molecule has 2 saturated carbocycles. The second-order valence-corrected chi connectivity index (χ2v) is 9.05. The van der Waals surface area contributed by atoms with Crippen LogP contribution < -0.4 is 0 Å². The molecule has 0 amide bonds. The Morgan fingerprint density at radius 2 is 0.667 bits per heavy atom. The van der Waals surface area contributed by atoms with Crippen LogP contribution in [0, 0.1) is 60.2 Å². The Kier molecular flexibility index (Phi) is 11.9. The molecule has 0 spiro atoms. The summed E-state index contributed by atoms with van der Waals surface area (Å²) >= 11 is -0.826. The van der Waals surface area contributed by atoms with E-state index in [1.807, 2.05) is 0 Å². The van der Waals surface area contributed by atoms with Gasteiger partial charge in [-0.05, 0) is 60.2 Å². The molecule has 114 valence electrons. The standard InChI is InChI=1S/2C9H12.2ClH.Zr/c2*1-6-5-7(2)9(4)8(6)3;;;/h2*1-4H3;2*1H;/q;;;;+2/p-2. The van der Waals surface area contributed by atoms with Gasteiger partial charge < -0.3 is 0 Å². The molecule has 2 rings (SSSR count). The Hall–Kier alpha value is 1.46.